The second-order valence-electron chi connectivity index (χ2n) is 6.54. The Labute approximate surface area is 182 Å². The fraction of sp³-hybridized carbons (Fsp3) is 0.227. The van der Waals surface area contributed by atoms with E-state index in [1.54, 1.807) is 23.8 Å². The van der Waals surface area contributed by atoms with Crippen molar-refractivity contribution in [2.75, 3.05) is 18.6 Å². The van der Waals surface area contributed by atoms with E-state index in [0.717, 1.165) is 23.4 Å². The summed E-state index contributed by atoms with van der Waals surface area (Å²) in [6, 6.07) is 16.7. The zero-order valence-corrected chi connectivity index (χ0v) is 18.0. The van der Waals surface area contributed by atoms with E-state index < -0.39 is 0 Å². The van der Waals surface area contributed by atoms with Gasteiger partial charge < -0.3 is 9.47 Å². The smallest absolute Gasteiger partial charge is 0.316 e. The van der Waals surface area contributed by atoms with E-state index in [1.165, 1.54) is 23.5 Å². The van der Waals surface area contributed by atoms with E-state index in [4.69, 9.17) is 9.47 Å². The van der Waals surface area contributed by atoms with Gasteiger partial charge in [-0.1, -0.05) is 42.1 Å². The summed E-state index contributed by atoms with van der Waals surface area (Å²) in [5.41, 5.74) is 2.31. The van der Waals surface area contributed by atoms with Gasteiger partial charge in [-0.25, -0.2) is 4.98 Å². The third kappa shape index (κ3) is 4.55. The SMILES string of the molecule is COc1ccc(-n2c(SCC(=O)OCc3ccccc3)nc3c(c2=O)SCC3)cc1. The number of hydrogen-bond donors (Lipinski definition) is 0. The summed E-state index contributed by atoms with van der Waals surface area (Å²) < 4.78 is 12.1. The molecule has 4 rings (SSSR count). The third-order valence-corrected chi connectivity index (χ3v) is 6.58. The topological polar surface area (TPSA) is 70.4 Å². The van der Waals surface area contributed by atoms with E-state index in [-0.39, 0.29) is 23.9 Å². The molecule has 8 heteroatoms. The zero-order valence-electron chi connectivity index (χ0n) is 16.4. The molecule has 2 aromatic carbocycles. The molecule has 0 N–H and O–H groups in total. The summed E-state index contributed by atoms with van der Waals surface area (Å²) in [5.74, 6) is 1.26. The number of carbonyl (C=O) groups excluding carboxylic acids is 1. The summed E-state index contributed by atoms with van der Waals surface area (Å²) in [4.78, 5) is 30.8. The van der Waals surface area contributed by atoms with Gasteiger partial charge in [0, 0.05) is 12.2 Å². The fourth-order valence-corrected chi connectivity index (χ4v) is 4.90. The Kier molecular flexibility index (Phi) is 6.44. The second kappa shape index (κ2) is 9.40. The third-order valence-electron chi connectivity index (χ3n) is 4.56. The fourth-order valence-electron chi connectivity index (χ4n) is 3.05. The number of benzene rings is 2. The van der Waals surface area contributed by atoms with Gasteiger partial charge >= 0.3 is 5.97 Å². The minimum absolute atomic E-state index is 0.0708. The Morgan fingerprint density at radius 2 is 1.93 bits per heavy atom. The van der Waals surface area contributed by atoms with Crippen LogP contribution in [0.15, 0.2) is 69.4 Å². The molecule has 0 saturated heterocycles. The predicted octanol–water partition coefficient (Wildman–Crippen LogP) is 3.72. The molecule has 3 aromatic rings. The molecule has 0 saturated carbocycles. The summed E-state index contributed by atoms with van der Waals surface area (Å²) in [5, 5.41) is 0.489. The quantitative estimate of drug-likeness (QED) is 0.315. The van der Waals surface area contributed by atoms with E-state index >= 15 is 0 Å². The van der Waals surface area contributed by atoms with Gasteiger partial charge in [-0.3, -0.25) is 14.2 Å². The average molecular weight is 441 g/mol. The van der Waals surface area contributed by atoms with Crippen molar-refractivity contribution >= 4 is 29.5 Å². The molecule has 0 spiro atoms. The molecule has 1 aromatic heterocycles. The van der Waals surface area contributed by atoms with Gasteiger partial charge in [-0.2, -0.15) is 0 Å². The van der Waals surface area contributed by atoms with Gasteiger partial charge in [0.05, 0.1) is 29.1 Å². The molecular weight excluding hydrogens is 420 g/mol. The highest BCUT2D eigenvalue weighted by molar-refractivity contribution is 8.00. The summed E-state index contributed by atoms with van der Waals surface area (Å²) in [6.07, 6.45) is 0.755. The molecular formula is C22H20N2O4S2. The lowest BCUT2D eigenvalue weighted by atomic mass is 10.2. The van der Waals surface area contributed by atoms with Gasteiger partial charge in [0.25, 0.3) is 5.56 Å². The number of aryl methyl sites for hydroxylation is 1. The van der Waals surface area contributed by atoms with Crippen molar-refractivity contribution in [2.45, 2.75) is 23.1 Å². The van der Waals surface area contributed by atoms with Crippen LogP contribution in [-0.2, 0) is 22.6 Å². The van der Waals surface area contributed by atoms with Crippen LogP contribution in [0.3, 0.4) is 0 Å². The Morgan fingerprint density at radius 1 is 1.17 bits per heavy atom. The Balaban J connectivity index is 1.55. The first-order valence-electron chi connectivity index (χ1n) is 9.41. The molecule has 30 heavy (non-hydrogen) atoms. The first-order chi connectivity index (χ1) is 14.7. The number of nitrogens with zero attached hydrogens (tertiary/aromatic N) is 2. The molecule has 0 radical (unpaired) electrons. The van der Waals surface area contributed by atoms with Crippen LogP contribution in [0.2, 0.25) is 0 Å². The molecule has 6 nitrogen and oxygen atoms in total. The van der Waals surface area contributed by atoms with Crippen LogP contribution in [0.25, 0.3) is 5.69 Å². The lowest BCUT2D eigenvalue weighted by molar-refractivity contribution is -0.141. The molecule has 0 amide bonds. The van der Waals surface area contributed by atoms with Gasteiger partial charge in [-0.05, 0) is 29.8 Å². The Hall–Kier alpha value is -2.71. The van der Waals surface area contributed by atoms with Crippen molar-refractivity contribution in [3.05, 3.63) is 76.2 Å². The molecule has 0 unspecified atom stereocenters. The standard InChI is InChI=1S/C22H20N2O4S2/c1-27-17-9-7-16(8-10-17)24-21(26)20-18(11-12-29-20)23-22(24)30-14-19(25)28-13-15-5-3-2-4-6-15/h2-10H,11-14H2,1H3. The average Bonchev–Trinajstić information content (AvgIpc) is 3.26. The number of thioether (sulfide) groups is 2. The van der Waals surface area contributed by atoms with Crippen molar-refractivity contribution in [3.63, 3.8) is 0 Å². The normalized spacial score (nSPS) is 12.4. The van der Waals surface area contributed by atoms with Crippen molar-refractivity contribution in [3.8, 4) is 11.4 Å². The second-order valence-corrected chi connectivity index (χ2v) is 8.59. The maximum atomic E-state index is 13.1. The monoisotopic (exact) mass is 440 g/mol. The first-order valence-corrected chi connectivity index (χ1v) is 11.4. The van der Waals surface area contributed by atoms with Crippen LogP contribution in [0.5, 0.6) is 5.75 Å². The van der Waals surface area contributed by atoms with Crippen molar-refractivity contribution in [1.82, 2.24) is 9.55 Å². The number of esters is 1. The highest BCUT2D eigenvalue weighted by Crippen LogP contribution is 2.30. The van der Waals surface area contributed by atoms with Crippen molar-refractivity contribution < 1.29 is 14.3 Å². The van der Waals surface area contributed by atoms with Gasteiger partial charge in [0.2, 0.25) is 0 Å². The molecule has 0 bridgehead atoms. The summed E-state index contributed by atoms with van der Waals surface area (Å²) in [7, 11) is 1.59. The number of methoxy groups -OCH3 is 1. The number of fused-ring (bicyclic) bond motifs is 1. The number of rotatable bonds is 7. The number of aromatic nitrogens is 2. The minimum atomic E-state index is -0.353. The Morgan fingerprint density at radius 3 is 2.67 bits per heavy atom. The maximum Gasteiger partial charge on any atom is 0.316 e. The first kappa shape index (κ1) is 20.6. The van der Waals surface area contributed by atoms with Crippen molar-refractivity contribution in [1.29, 1.82) is 0 Å². The van der Waals surface area contributed by atoms with E-state index in [9.17, 15) is 9.59 Å². The van der Waals surface area contributed by atoms with Crippen LogP contribution in [0.4, 0.5) is 0 Å². The molecule has 154 valence electrons. The van der Waals surface area contributed by atoms with Crippen LogP contribution in [0.1, 0.15) is 11.3 Å². The predicted molar refractivity (Wildman–Crippen MR) is 118 cm³/mol. The highest BCUT2D eigenvalue weighted by Gasteiger charge is 2.23. The molecule has 0 fully saturated rings. The molecule has 2 heterocycles. The van der Waals surface area contributed by atoms with Crippen molar-refractivity contribution in [2.24, 2.45) is 0 Å². The largest absolute Gasteiger partial charge is 0.497 e. The molecule has 0 atom stereocenters. The Bertz CT molecular complexity index is 1100. The van der Waals surface area contributed by atoms with Crippen LogP contribution in [-0.4, -0.2) is 34.1 Å². The molecule has 1 aliphatic heterocycles. The summed E-state index contributed by atoms with van der Waals surface area (Å²) in [6.45, 7) is 0.222. The van der Waals surface area contributed by atoms with Gasteiger partial charge in [0.1, 0.15) is 12.4 Å². The highest BCUT2D eigenvalue weighted by atomic mass is 32.2. The van der Waals surface area contributed by atoms with Gasteiger partial charge in [0.15, 0.2) is 5.16 Å². The minimum Gasteiger partial charge on any atom is -0.497 e. The van der Waals surface area contributed by atoms with Crippen LogP contribution >= 0.6 is 23.5 Å². The van der Waals surface area contributed by atoms with E-state index in [0.29, 0.717) is 21.5 Å². The number of hydrogen-bond acceptors (Lipinski definition) is 7. The molecule has 1 aliphatic rings. The van der Waals surface area contributed by atoms with Gasteiger partial charge in [-0.15, -0.1) is 11.8 Å². The zero-order chi connectivity index (χ0) is 20.9. The lowest BCUT2D eigenvalue weighted by Crippen LogP contribution is -2.24. The number of carbonyl (C=O) groups is 1. The molecule has 0 aliphatic carbocycles. The lowest BCUT2D eigenvalue weighted by Gasteiger charge is -2.14. The van der Waals surface area contributed by atoms with E-state index in [2.05, 4.69) is 4.98 Å². The summed E-state index contributed by atoms with van der Waals surface area (Å²) >= 11 is 2.74. The number of ether oxygens (including phenoxy) is 2. The van der Waals surface area contributed by atoms with Crippen LogP contribution < -0.4 is 10.3 Å². The van der Waals surface area contributed by atoms with E-state index in [1.807, 2.05) is 42.5 Å². The van der Waals surface area contributed by atoms with Crippen LogP contribution in [0, 0.1) is 0 Å². The maximum absolute atomic E-state index is 13.1.